The highest BCUT2D eigenvalue weighted by molar-refractivity contribution is 5.36. The molecule has 100 valence electrons. The van der Waals surface area contributed by atoms with Gasteiger partial charge in [0, 0.05) is 13.0 Å². The van der Waals surface area contributed by atoms with Crippen LogP contribution in [-0.2, 0) is 12.8 Å². The van der Waals surface area contributed by atoms with E-state index in [1.807, 2.05) is 25.2 Å². The number of nitrogens with one attached hydrogen (secondary N) is 1. The summed E-state index contributed by atoms with van der Waals surface area (Å²) in [6, 6.07) is 8.10. The molecule has 0 amide bonds. The molecule has 2 heterocycles. The van der Waals surface area contributed by atoms with Crippen molar-refractivity contribution in [1.29, 1.82) is 0 Å². The fraction of sp³-hybridized carbons (Fsp3) is 0.429. The quantitative estimate of drug-likeness (QED) is 0.902. The van der Waals surface area contributed by atoms with Crippen LogP contribution in [0.3, 0.4) is 0 Å². The third kappa shape index (κ3) is 2.61. The molecular weight excluding hydrogens is 242 g/mol. The predicted octanol–water partition coefficient (Wildman–Crippen LogP) is 1.55. The standard InChI is InChI=1S/C14H17N3O2/c1-15-7-6-13-16-14(17-19-13)11-8-10-4-2-3-5-12(10)18-9-11/h2-5,11,15H,6-9H2,1H3. The maximum absolute atomic E-state index is 5.75. The number of hydrogen-bond acceptors (Lipinski definition) is 5. The molecule has 1 N–H and O–H groups in total. The van der Waals surface area contributed by atoms with Gasteiger partial charge in [-0.1, -0.05) is 23.4 Å². The topological polar surface area (TPSA) is 60.2 Å². The van der Waals surface area contributed by atoms with Crippen molar-refractivity contribution in [2.24, 2.45) is 0 Å². The molecule has 0 bridgehead atoms. The molecule has 1 aliphatic rings. The molecule has 0 spiro atoms. The van der Waals surface area contributed by atoms with Crippen molar-refractivity contribution in [2.45, 2.75) is 18.8 Å². The summed E-state index contributed by atoms with van der Waals surface area (Å²) in [5.41, 5.74) is 1.21. The molecule has 1 unspecified atom stereocenters. The molecule has 19 heavy (non-hydrogen) atoms. The van der Waals surface area contributed by atoms with Crippen LogP contribution in [0.15, 0.2) is 28.8 Å². The Hall–Kier alpha value is -1.88. The third-order valence-corrected chi connectivity index (χ3v) is 3.32. The second-order valence-corrected chi connectivity index (χ2v) is 4.72. The summed E-state index contributed by atoms with van der Waals surface area (Å²) in [6.45, 7) is 1.45. The van der Waals surface area contributed by atoms with Crippen molar-refractivity contribution in [2.75, 3.05) is 20.2 Å². The Morgan fingerprint density at radius 1 is 1.37 bits per heavy atom. The van der Waals surface area contributed by atoms with E-state index in [1.165, 1.54) is 5.56 Å². The van der Waals surface area contributed by atoms with Gasteiger partial charge in [0.25, 0.3) is 0 Å². The summed E-state index contributed by atoms with van der Waals surface area (Å²) in [7, 11) is 1.91. The molecule has 0 saturated carbocycles. The predicted molar refractivity (Wildman–Crippen MR) is 70.3 cm³/mol. The molecule has 5 heteroatoms. The number of fused-ring (bicyclic) bond motifs is 1. The summed E-state index contributed by atoms with van der Waals surface area (Å²) < 4.78 is 11.0. The van der Waals surface area contributed by atoms with Gasteiger partial charge in [0.05, 0.1) is 12.5 Å². The Morgan fingerprint density at radius 2 is 2.26 bits per heavy atom. The normalized spacial score (nSPS) is 17.8. The van der Waals surface area contributed by atoms with Gasteiger partial charge in [0.1, 0.15) is 5.75 Å². The van der Waals surface area contributed by atoms with E-state index in [0.29, 0.717) is 12.5 Å². The number of benzene rings is 1. The second-order valence-electron chi connectivity index (χ2n) is 4.72. The summed E-state index contributed by atoms with van der Waals surface area (Å²) in [4.78, 5) is 4.45. The zero-order valence-corrected chi connectivity index (χ0v) is 10.9. The summed E-state index contributed by atoms with van der Waals surface area (Å²) in [5, 5.41) is 7.14. The van der Waals surface area contributed by atoms with Gasteiger partial charge in [-0.05, 0) is 25.1 Å². The van der Waals surface area contributed by atoms with Crippen molar-refractivity contribution in [3.63, 3.8) is 0 Å². The van der Waals surface area contributed by atoms with E-state index >= 15 is 0 Å². The first kappa shape index (κ1) is 12.2. The monoisotopic (exact) mass is 259 g/mol. The number of nitrogens with zero attached hydrogens (tertiary/aromatic N) is 2. The lowest BCUT2D eigenvalue weighted by Gasteiger charge is -2.22. The van der Waals surface area contributed by atoms with E-state index in [4.69, 9.17) is 9.26 Å². The Bertz CT molecular complexity index is 553. The fourth-order valence-corrected chi connectivity index (χ4v) is 2.26. The number of rotatable bonds is 4. The molecule has 1 aliphatic heterocycles. The second kappa shape index (κ2) is 5.40. The van der Waals surface area contributed by atoms with E-state index < -0.39 is 0 Å². The first-order valence-corrected chi connectivity index (χ1v) is 6.54. The highest BCUT2D eigenvalue weighted by Crippen LogP contribution is 2.30. The Labute approximate surface area is 112 Å². The van der Waals surface area contributed by atoms with Crippen LogP contribution in [0.1, 0.15) is 23.2 Å². The van der Waals surface area contributed by atoms with Gasteiger partial charge in [-0.3, -0.25) is 0 Å². The summed E-state index contributed by atoms with van der Waals surface area (Å²) >= 11 is 0. The summed E-state index contributed by atoms with van der Waals surface area (Å²) in [5.74, 6) is 2.59. The van der Waals surface area contributed by atoms with Crippen LogP contribution in [0.4, 0.5) is 0 Å². The van der Waals surface area contributed by atoms with Gasteiger partial charge < -0.3 is 14.6 Å². The first-order valence-electron chi connectivity index (χ1n) is 6.54. The first-order chi connectivity index (χ1) is 9.36. The molecule has 0 aliphatic carbocycles. The molecule has 3 rings (SSSR count). The van der Waals surface area contributed by atoms with Crippen LogP contribution >= 0.6 is 0 Å². The molecule has 1 atom stereocenters. The fourth-order valence-electron chi connectivity index (χ4n) is 2.26. The molecule has 2 aromatic rings. The highest BCUT2D eigenvalue weighted by atomic mass is 16.5. The maximum Gasteiger partial charge on any atom is 0.227 e. The number of likely N-dealkylation sites (N-methyl/N-ethyl adjacent to an activating group) is 1. The average molecular weight is 259 g/mol. The van der Waals surface area contributed by atoms with Crippen LogP contribution in [0, 0.1) is 0 Å². The number of ether oxygens (including phenoxy) is 1. The zero-order valence-electron chi connectivity index (χ0n) is 10.9. The van der Waals surface area contributed by atoms with Gasteiger partial charge in [-0.2, -0.15) is 4.98 Å². The minimum atomic E-state index is 0.182. The van der Waals surface area contributed by atoms with Crippen LogP contribution in [0.5, 0.6) is 5.75 Å². The molecule has 0 saturated heterocycles. The van der Waals surface area contributed by atoms with Crippen LogP contribution in [-0.4, -0.2) is 30.3 Å². The smallest absolute Gasteiger partial charge is 0.227 e. The third-order valence-electron chi connectivity index (χ3n) is 3.32. The SMILES string of the molecule is CNCCc1nc(C2COc3ccccc3C2)no1. The zero-order chi connectivity index (χ0) is 13.1. The molecule has 1 aromatic heterocycles. The largest absolute Gasteiger partial charge is 0.493 e. The average Bonchev–Trinajstić information content (AvgIpc) is 2.93. The minimum Gasteiger partial charge on any atom is -0.493 e. The van der Waals surface area contributed by atoms with Crippen molar-refractivity contribution >= 4 is 0 Å². The molecule has 5 nitrogen and oxygen atoms in total. The minimum absolute atomic E-state index is 0.182. The Balaban J connectivity index is 1.72. The van der Waals surface area contributed by atoms with Gasteiger partial charge in [0.15, 0.2) is 5.82 Å². The van der Waals surface area contributed by atoms with Crippen LogP contribution in [0.25, 0.3) is 0 Å². The van der Waals surface area contributed by atoms with Crippen molar-refractivity contribution in [1.82, 2.24) is 15.5 Å². The van der Waals surface area contributed by atoms with Gasteiger partial charge >= 0.3 is 0 Å². The van der Waals surface area contributed by atoms with E-state index in [9.17, 15) is 0 Å². The van der Waals surface area contributed by atoms with E-state index in [-0.39, 0.29) is 5.92 Å². The van der Waals surface area contributed by atoms with Gasteiger partial charge in [-0.15, -0.1) is 0 Å². The molecule has 0 radical (unpaired) electrons. The number of para-hydroxylation sites is 1. The Kier molecular flexibility index (Phi) is 3.46. The van der Waals surface area contributed by atoms with Gasteiger partial charge in [0.2, 0.25) is 5.89 Å². The van der Waals surface area contributed by atoms with E-state index in [0.717, 1.165) is 31.0 Å². The molecule has 1 aromatic carbocycles. The van der Waals surface area contributed by atoms with Crippen molar-refractivity contribution < 1.29 is 9.26 Å². The lowest BCUT2D eigenvalue weighted by molar-refractivity contribution is 0.253. The van der Waals surface area contributed by atoms with Gasteiger partial charge in [-0.25, -0.2) is 0 Å². The van der Waals surface area contributed by atoms with Crippen LogP contribution < -0.4 is 10.1 Å². The van der Waals surface area contributed by atoms with Crippen LogP contribution in [0.2, 0.25) is 0 Å². The van der Waals surface area contributed by atoms with E-state index in [2.05, 4.69) is 21.5 Å². The lowest BCUT2D eigenvalue weighted by atomic mass is 9.96. The van der Waals surface area contributed by atoms with Crippen molar-refractivity contribution in [3.05, 3.63) is 41.5 Å². The van der Waals surface area contributed by atoms with E-state index in [1.54, 1.807) is 0 Å². The highest BCUT2D eigenvalue weighted by Gasteiger charge is 2.25. The number of hydrogen-bond donors (Lipinski definition) is 1. The van der Waals surface area contributed by atoms with Crippen molar-refractivity contribution in [3.8, 4) is 5.75 Å². The summed E-state index contributed by atoms with van der Waals surface area (Å²) in [6.07, 6.45) is 1.66. The number of aromatic nitrogens is 2. The maximum atomic E-state index is 5.75. The lowest BCUT2D eigenvalue weighted by Crippen LogP contribution is -2.20. The molecular formula is C14H17N3O2. The Morgan fingerprint density at radius 3 is 3.16 bits per heavy atom. The molecule has 0 fully saturated rings.